The van der Waals surface area contributed by atoms with Crippen molar-refractivity contribution in [3.8, 4) is 0 Å². The van der Waals surface area contributed by atoms with Gasteiger partial charge in [-0.15, -0.1) is 0 Å². The first-order valence-corrected chi connectivity index (χ1v) is 7.75. The van der Waals surface area contributed by atoms with Crippen LogP contribution in [0.1, 0.15) is 32.1 Å². The summed E-state index contributed by atoms with van der Waals surface area (Å²) < 4.78 is 10.8. The summed E-state index contributed by atoms with van der Waals surface area (Å²) in [7, 11) is 0. The minimum Gasteiger partial charge on any atom is -0.438 e. The van der Waals surface area contributed by atoms with Crippen molar-refractivity contribution in [2.45, 2.75) is 38.2 Å². The van der Waals surface area contributed by atoms with Crippen LogP contribution in [0.25, 0.3) is 0 Å². The van der Waals surface area contributed by atoms with Crippen molar-refractivity contribution in [3.05, 3.63) is 0 Å². The number of esters is 1. The normalized spacial score (nSPS) is 42.8. The van der Waals surface area contributed by atoms with Gasteiger partial charge >= 0.3 is 5.97 Å². The summed E-state index contributed by atoms with van der Waals surface area (Å²) >= 11 is 3.07. The predicted octanol–water partition coefficient (Wildman–Crippen LogP) is 2.72. The zero-order valence-corrected chi connectivity index (χ0v) is 11.5. The molecule has 3 rings (SSSR count). The standard InChI is InChI=1S/C13H19BrO3/c14-6-12(15)17-7-16-11-4-3-10-8-1-2-9(5-8)13(10)11/h8-11,13H,1-7H2. The fourth-order valence-electron chi connectivity index (χ4n) is 4.43. The topological polar surface area (TPSA) is 35.5 Å². The van der Waals surface area contributed by atoms with Gasteiger partial charge in [0.15, 0.2) is 6.79 Å². The molecular weight excluding hydrogens is 284 g/mol. The molecule has 0 amide bonds. The van der Waals surface area contributed by atoms with Crippen molar-refractivity contribution >= 4 is 21.9 Å². The molecule has 96 valence electrons. The second kappa shape index (κ2) is 4.88. The van der Waals surface area contributed by atoms with Crippen molar-refractivity contribution in [1.82, 2.24) is 0 Å². The monoisotopic (exact) mass is 302 g/mol. The number of halogens is 1. The molecular formula is C13H19BrO3. The Morgan fingerprint density at radius 2 is 2.00 bits per heavy atom. The van der Waals surface area contributed by atoms with E-state index in [4.69, 9.17) is 9.47 Å². The average molecular weight is 303 g/mol. The molecule has 0 spiro atoms. The minimum absolute atomic E-state index is 0.135. The first kappa shape index (κ1) is 12.0. The number of alkyl halides is 1. The molecule has 0 N–H and O–H groups in total. The number of fused-ring (bicyclic) bond motifs is 5. The fraction of sp³-hybridized carbons (Fsp3) is 0.923. The molecule has 17 heavy (non-hydrogen) atoms. The Hall–Kier alpha value is -0.0900. The van der Waals surface area contributed by atoms with Gasteiger partial charge in [0.2, 0.25) is 0 Å². The molecule has 0 radical (unpaired) electrons. The van der Waals surface area contributed by atoms with Crippen molar-refractivity contribution < 1.29 is 14.3 Å². The van der Waals surface area contributed by atoms with Gasteiger partial charge in [0.05, 0.1) is 6.10 Å². The van der Waals surface area contributed by atoms with Crippen molar-refractivity contribution in [3.63, 3.8) is 0 Å². The number of carbonyl (C=O) groups is 1. The smallest absolute Gasteiger partial charge is 0.318 e. The van der Waals surface area contributed by atoms with Crippen LogP contribution in [0.4, 0.5) is 0 Å². The Balaban J connectivity index is 1.50. The number of carbonyl (C=O) groups excluding carboxylic acids is 1. The average Bonchev–Trinajstić information content (AvgIpc) is 3.00. The van der Waals surface area contributed by atoms with Crippen molar-refractivity contribution in [1.29, 1.82) is 0 Å². The third-order valence-electron chi connectivity index (χ3n) is 4.98. The van der Waals surface area contributed by atoms with E-state index in [-0.39, 0.29) is 18.1 Å². The second-order valence-electron chi connectivity index (χ2n) is 5.62. The third kappa shape index (κ3) is 2.14. The van der Waals surface area contributed by atoms with E-state index in [1.807, 2.05) is 0 Å². The molecule has 3 aliphatic rings. The van der Waals surface area contributed by atoms with Crippen LogP contribution in [-0.4, -0.2) is 24.2 Å². The van der Waals surface area contributed by atoms with Gasteiger partial charge in [0.1, 0.15) is 5.33 Å². The lowest BCUT2D eigenvalue weighted by Gasteiger charge is -2.28. The van der Waals surface area contributed by atoms with Gasteiger partial charge in [-0.3, -0.25) is 4.79 Å². The largest absolute Gasteiger partial charge is 0.438 e. The Bertz CT molecular complexity index is 307. The Morgan fingerprint density at radius 3 is 2.82 bits per heavy atom. The van der Waals surface area contributed by atoms with Crippen molar-refractivity contribution in [2.24, 2.45) is 23.7 Å². The van der Waals surface area contributed by atoms with E-state index < -0.39 is 0 Å². The minimum atomic E-state index is -0.243. The van der Waals surface area contributed by atoms with Gasteiger partial charge in [-0.2, -0.15) is 0 Å². The molecule has 5 unspecified atom stereocenters. The van der Waals surface area contributed by atoms with E-state index in [0.717, 1.165) is 30.1 Å². The van der Waals surface area contributed by atoms with Gasteiger partial charge in [0, 0.05) is 0 Å². The summed E-state index contributed by atoms with van der Waals surface area (Å²) in [6, 6.07) is 0. The molecule has 3 aliphatic carbocycles. The summed E-state index contributed by atoms with van der Waals surface area (Å²) in [6.45, 7) is 0.135. The lowest BCUT2D eigenvalue weighted by atomic mass is 9.81. The molecule has 0 aromatic heterocycles. The number of rotatable bonds is 4. The quantitative estimate of drug-likeness (QED) is 0.455. The van der Waals surface area contributed by atoms with Gasteiger partial charge in [-0.25, -0.2) is 0 Å². The zero-order valence-electron chi connectivity index (χ0n) is 9.94. The lowest BCUT2D eigenvalue weighted by Crippen LogP contribution is -2.28. The van der Waals surface area contributed by atoms with E-state index in [0.29, 0.717) is 6.10 Å². The van der Waals surface area contributed by atoms with Crippen LogP contribution in [-0.2, 0) is 14.3 Å². The van der Waals surface area contributed by atoms with Crippen LogP contribution >= 0.6 is 15.9 Å². The van der Waals surface area contributed by atoms with Crippen molar-refractivity contribution in [2.75, 3.05) is 12.1 Å². The predicted molar refractivity (Wildman–Crippen MR) is 66.7 cm³/mol. The van der Waals surface area contributed by atoms with Crippen LogP contribution in [0.3, 0.4) is 0 Å². The summed E-state index contributed by atoms with van der Waals surface area (Å²) in [5, 5.41) is 0.248. The molecule has 3 nitrogen and oxygen atoms in total. The molecule has 0 saturated heterocycles. The summed E-state index contributed by atoms with van der Waals surface area (Å²) in [4.78, 5) is 11.0. The van der Waals surface area contributed by atoms with Crippen LogP contribution < -0.4 is 0 Å². The maximum Gasteiger partial charge on any atom is 0.318 e. The van der Waals surface area contributed by atoms with Crippen LogP contribution in [0.15, 0.2) is 0 Å². The highest BCUT2D eigenvalue weighted by atomic mass is 79.9. The highest BCUT2D eigenvalue weighted by molar-refractivity contribution is 9.09. The van der Waals surface area contributed by atoms with E-state index in [1.54, 1.807) is 0 Å². The van der Waals surface area contributed by atoms with Crippen LogP contribution in [0.5, 0.6) is 0 Å². The van der Waals surface area contributed by atoms with Gasteiger partial charge in [-0.05, 0) is 55.8 Å². The third-order valence-corrected chi connectivity index (χ3v) is 5.44. The van der Waals surface area contributed by atoms with E-state index in [1.165, 1.54) is 25.7 Å². The summed E-state index contributed by atoms with van der Waals surface area (Å²) in [5.74, 6) is 3.29. The number of ether oxygens (including phenoxy) is 2. The molecule has 2 bridgehead atoms. The Kier molecular flexibility index (Phi) is 3.44. The molecule has 4 heteroatoms. The molecule has 0 aromatic rings. The summed E-state index contributed by atoms with van der Waals surface area (Å²) in [6.07, 6.45) is 7.09. The molecule has 0 heterocycles. The molecule has 5 atom stereocenters. The van der Waals surface area contributed by atoms with E-state index >= 15 is 0 Å². The Labute approximate surface area is 110 Å². The van der Waals surface area contributed by atoms with Gasteiger partial charge in [-0.1, -0.05) is 15.9 Å². The molecule has 3 saturated carbocycles. The van der Waals surface area contributed by atoms with Crippen LogP contribution in [0, 0.1) is 23.7 Å². The zero-order chi connectivity index (χ0) is 11.8. The fourth-order valence-corrected chi connectivity index (χ4v) is 4.59. The molecule has 3 fully saturated rings. The molecule has 0 aromatic carbocycles. The maximum atomic E-state index is 11.0. The first-order chi connectivity index (χ1) is 8.29. The van der Waals surface area contributed by atoms with Crippen LogP contribution in [0.2, 0.25) is 0 Å². The molecule has 0 aliphatic heterocycles. The van der Waals surface area contributed by atoms with E-state index in [9.17, 15) is 4.79 Å². The number of hydrogen-bond acceptors (Lipinski definition) is 3. The Morgan fingerprint density at radius 1 is 1.18 bits per heavy atom. The highest BCUT2D eigenvalue weighted by Crippen LogP contribution is 2.59. The lowest BCUT2D eigenvalue weighted by molar-refractivity contribution is -0.160. The summed E-state index contributed by atoms with van der Waals surface area (Å²) in [5.41, 5.74) is 0. The van der Waals surface area contributed by atoms with E-state index in [2.05, 4.69) is 15.9 Å². The first-order valence-electron chi connectivity index (χ1n) is 6.62. The number of hydrogen-bond donors (Lipinski definition) is 0. The second-order valence-corrected chi connectivity index (χ2v) is 6.19. The maximum absolute atomic E-state index is 11.0. The van der Waals surface area contributed by atoms with Gasteiger partial charge in [0.25, 0.3) is 0 Å². The highest BCUT2D eigenvalue weighted by Gasteiger charge is 2.53. The van der Waals surface area contributed by atoms with Gasteiger partial charge < -0.3 is 9.47 Å². The SMILES string of the molecule is O=C(CBr)OCOC1CCC2C3CCC(C3)C12.